The van der Waals surface area contributed by atoms with Gasteiger partial charge in [0.15, 0.2) is 4.80 Å². The monoisotopic (exact) mass is 702 g/mol. The number of rotatable bonds is 5. The van der Waals surface area contributed by atoms with Crippen LogP contribution in [-0.2, 0) is 9.53 Å². The molecule has 176 valence electrons. The Morgan fingerprint density at radius 1 is 1.26 bits per heavy atom. The number of phenolic OH excluding ortho intramolecular Hbond substituents is 1. The Hall–Kier alpha value is -2.19. The van der Waals surface area contributed by atoms with E-state index in [0.717, 1.165) is 9.13 Å². The maximum absolute atomic E-state index is 13.6. The molecule has 1 atom stereocenters. The van der Waals surface area contributed by atoms with Gasteiger partial charge in [-0.3, -0.25) is 9.36 Å². The van der Waals surface area contributed by atoms with Crippen LogP contribution >= 0.6 is 56.5 Å². The van der Waals surface area contributed by atoms with E-state index in [9.17, 15) is 14.7 Å². The third kappa shape index (κ3) is 4.67. The molecule has 0 bridgehead atoms. The average Bonchev–Trinajstić information content (AvgIpc) is 3.10. The van der Waals surface area contributed by atoms with E-state index in [0.29, 0.717) is 35.5 Å². The molecule has 2 aromatic carbocycles. The number of methoxy groups -OCH3 is 1. The second kappa shape index (κ2) is 10.2. The smallest absolute Gasteiger partial charge is 0.338 e. The molecule has 0 saturated heterocycles. The lowest BCUT2D eigenvalue weighted by Crippen LogP contribution is -2.39. The van der Waals surface area contributed by atoms with Crippen molar-refractivity contribution in [2.24, 2.45) is 4.99 Å². The van der Waals surface area contributed by atoms with Crippen molar-refractivity contribution in [3.05, 3.63) is 85.6 Å². The fraction of sp³-hybridized carbons (Fsp3) is 0.208. The number of nitrogens with zero attached hydrogens (tertiary/aromatic N) is 2. The maximum atomic E-state index is 13.6. The summed E-state index contributed by atoms with van der Waals surface area (Å²) < 4.78 is 14.1. The number of carbonyl (C=O) groups is 1. The van der Waals surface area contributed by atoms with Gasteiger partial charge in [0.05, 0.1) is 39.1 Å². The van der Waals surface area contributed by atoms with Crippen LogP contribution in [0.3, 0.4) is 0 Å². The molecule has 1 N–H and O–H groups in total. The van der Waals surface area contributed by atoms with E-state index in [1.165, 1.54) is 15.9 Å². The Balaban J connectivity index is 1.97. The first-order chi connectivity index (χ1) is 16.2. The predicted octanol–water partition coefficient (Wildman–Crippen LogP) is 3.72. The van der Waals surface area contributed by atoms with Crippen molar-refractivity contribution in [2.75, 3.05) is 13.7 Å². The van der Waals surface area contributed by atoms with E-state index in [-0.39, 0.29) is 17.9 Å². The summed E-state index contributed by atoms with van der Waals surface area (Å²) in [5.41, 5.74) is 1.80. The number of benzene rings is 2. The first-order valence-electron chi connectivity index (χ1n) is 10.3. The molecular formula is C24H20I2N2O5S. The van der Waals surface area contributed by atoms with Crippen LogP contribution in [0.5, 0.6) is 11.5 Å². The quantitative estimate of drug-likeness (QED) is 0.324. The van der Waals surface area contributed by atoms with Crippen LogP contribution in [0.4, 0.5) is 0 Å². The van der Waals surface area contributed by atoms with Crippen LogP contribution < -0.4 is 19.6 Å². The largest absolute Gasteiger partial charge is 0.506 e. The maximum Gasteiger partial charge on any atom is 0.338 e. The second-order valence-electron chi connectivity index (χ2n) is 7.40. The van der Waals surface area contributed by atoms with Crippen molar-refractivity contribution in [1.82, 2.24) is 4.57 Å². The van der Waals surface area contributed by atoms with Gasteiger partial charge in [-0.2, -0.15) is 0 Å². The number of aromatic hydroxyl groups is 1. The third-order valence-electron chi connectivity index (χ3n) is 5.29. The number of halogens is 2. The van der Waals surface area contributed by atoms with Gasteiger partial charge in [0.25, 0.3) is 5.56 Å². The Labute approximate surface area is 226 Å². The zero-order chi connectivity index (χ0) is 24.6. The SMILES string of the molecule is CCOC(=O)C1=C(C)N=c2sc(=Cc3cc(I)cc(I)c3O)c(=O)n2C1c1ccc(OC)cc1. The standard InChI is InChI=1S/C24H20I2N2O5S/c1-4-33-23(31)19-12(2)27-24-28(20(19)13-5-7-16(32-3)8-6-13)22(30)18(34-24)10-14-9-15(25)11-17(26)21(14)29/h5-11,20,29H,4H2,1-3H3. The minimum Gasteiger partial charge on any atom is -0.506 e. The summed E-state index contributed by atoms with van der Waals surface area (Å²) >= 11 is 5.44. The minimum atomic E-state index is -0.701. The van der Waals surface area contributed by atoms with Gasteiger partial charge in [0.2, 0.25) is 0 Å². The molecule has 1 aliphatic rings. The Morgan fingerprint density at radius 2 is 1.97 bits per heavy atom. The van der Waals surface area contributed by atoms with Crippen molar-refractivity contribution in [2.45, 2.75) is 19.9 Å². The van der Waals surface area contributed by atoms with Gasteiger partial charge in [0, 0.05) is 9.13 Å². The summed E-state index contributed by atoms with van der Waals surface area (Å²) in [7, 11) is 1.58. The molecule has 1 aromatic heterocycles. The zero-order valence-electron chi connectivity index (χ0n) is 18.5. The number of allylic oxidation sites excluding steroid dienone is 1. The fourth-order valence-corrected chi connectivity index (χ4v) is 6.66. The molecule has 0 saturated carbocycles. The average molecular weight is 702 g/mol. The van der Waals surface area contributed by atoms with Gasteiger partial charge in [-0.15, -0.1) is 0 Å². The highest BCUT2D eigenvalue weighted by Crippen LogP contribution is 2.32. The van der Waals surface area contributed by atoms with Crippen LogP contribution in [0.1, 0.15) is 31.0 Å². The lowest BCUT2D eigenvalue weighted by atomic mass is 9.96. The number of thiazole rings is 1. The molecule has 3 aromatic rings. The topological polar surface area (TPSA) is 90.1 Å². The Morgan fingerprint density at radius 3 is 2.62 bits per heavy atom. The number of ether oxygens (including phenoxy) is 2. The Kier molecular flexibility index (Phi) is 7.48. The first-order valence-corrected chi connectivity index (χ1v) is 13.2. The van der Waals surface area contributed by atoms with Gasteiger partial charge >= 0.3 is 5.97 Å². The van der Waals surface area contributed by atoms with Crippen LogP contribution in [0.2, 0.25) is 0 Å². The van der Waals surface area contributed by atoms with Gasteiger partial charge in [-0.25, -0.2) is 9.79 Å². The normalized spacial score (nSPS) is 15.7. The molecule has 34 heavy (non-hydrogen) atoms. The minimum absolute atomic E-state index is 0.113. The summed E-state index contributed by atoms with van der Waals surface area (Å²) in [6.07, 6.45) is 1.66. The molecule has 10 heteroatoms. The summed E-state index contributed by atoms with van der Waals surface area (Å²) in [5, 5.41) is 10.5. The van der Waals surface area contributed by atoms with Gasteiger partial charge in [-0.1, -0.05) is 23.5 Å². The zero-order valence-corrected chi connectivity index (χ0v) is 23.6. The van der Waals surface area contributed by atoms with Crippen molar-refractivity contribution in [1.29, 1.82) is 0 Å². The molecule has 0 aliphatic carbocycles. The molecule has 0 spiro atoms. The van der Waals surface area contributed by atoms with Crippen molar-refractivity contribution < 1.29 is 19.4 Å². The van der Waals surface area contributed by atoms with Crippen LogP contribution in [-0.4, -0.2) is 29.4 Å². The van der Waals surface area contributed by atoms with Crippen LogP contribution in [0.25, 0.3) is 6.08 Å². The Bertz CT molecular complexity index is 1490. The highest BCUT2D eigenvalue weighted by atomic mass is 127. The second-order valence-corrected chi connectivity index (χ2v) is 10.8. The highest BCUT2D eigenvalue weighted by Gasteiger charge is 2.33. The third-order valence-corrected chi connectivity index (χ3v) is 7.72. The summed E-state index contributed by atoms with van der Waals surface area (Å²) in [5.74, 6) is 0.268. The van der Waals surface area contributed by atoms with E-state index in [2.05, 4.69) is 50.2 Å². The van der Waals surface area contributed by atoms with Crippen molar-refractivity contribution in [3.63, 3.8) is 0 Å². The van der Waals surface area contributed by atoms with E-state index in [4.69, 9.17) is 9.47 Å². The van der Waals surface area contributed by atoms with Gasteiger partial charge in [0.1, 0.15) is 11.5 Å². The number of aromatic nitrogens is 1. The number of hydrogen-bond donors (Lipinski definition) is 1. The molecule has 7 nitrogen and oxygen atoms in total. The van der Waals surface area contributed by atoms with E-state index < -0.39 is 12.0 Å². The number of fused-ring (bicyclic) bond motifs is 1. The molecule has 1 unspecified atom stereocenters. The molecule has 0 fully saturated rings. The first kappa shape index (κ1) is 24.9. The number of hydrogen-bond acceptors (Lipinski definition) is 7. The highest BCUT2D eigenvalue weighted by molar-refractivity contribution is 14.1. The molecule has 0 amide bonds. The molecule has 0 radical (unpaired) electrons. The lowest BCUT2D eigenvalue weighted by Gasteiger charge is -2.24. The fourth-order valence-electron chi connectivity index (χ4n) is 3.73. The van der Waals surface area contributed by atoms with Crippen molar-refractivity contribution in [3.8, 4) is 11.5 Å². The molecule has 1 aliphatic heterocycles. The van der Waals surface area contributed by atoms with Crippen LogP contribution in [0, 0.1) is 7.14 Å². The van der Waals surface area contributed by atoms with Crippen LogP contribution in [0.15, 0.2) is 57.5 Å². The van der Waals surface area contributed by atoms with Gasteiger partial charge in [-0.05, 0) is 94.9 Å². The lowest BCUT2D eigenvalue weighted by molar-refractivity contribution is -0.139. The molecule has 2 heterocycles. The summed E-state index contributed by atoms with van der Waals surface area (Å²) in [4.78, 5) is 31.6. The molecule has 4 rings (SSSR count). The summed E-state index contributed by atoms with van der Waals surface area (Å²) in [6.45, 7) is 3.69. The summed E-state index contributed by atoms with van der Waals surface area (Å²) in [6, 6.07) is 10.2. The van der Waals surface area contributed by atoms with E-state index in [1.807, 2.05) is 24.3 Å². The van der Waals surface area contributed by atoms with E-state index in [1.54, 1.807) is 39.2 Å². The number of phenols is 1. The van der Waals surface area contributed by atoms with Crippen molar-refractivity contribution >= 4 is 68.6 Å². The number of esters is 1. The molecular weight excluding hydrogens is 682 g/mol. The predicted molar refractivity (Wildman–Crippen MR) is 147 cm³/mol. The van der Waals surface area contributed by atoms with Gasteiger partial charge < -0.3 is 14.6 Å². The van der Waals surface area contributed by atoms with E-state index >= 15 is 0 Å². The number of carbonyl (C=O) groups excluding carboxylic acids is 1.